The zero-order valence-electron chi connectivity index (χ0n) is 22.4. The quantitative estimate of drug-likeness (QED) is 0.172. The van der Waals surface area contributed by atoms with Crippen LogP contribution in [0.4, 0.5) is 0 Å². The van der Waals surface area contributed by atoms with Crippen LogP contribution in [0.5, 0.6) is 0 Å². The summed E-state index contributed by atoms with van der Waals surface area (Å²) in [6.07, 6.45) is 0. The number of aromatic nitrogens is 8. The van der Waals surface area contributed by atoms with Gasteiger partial charge < -0.3 is 9.97 Å². The van der Waals surface area contributed by atoms with Crippen LogP contribution in [0.25, 0.3) is 89.7 Å². The standard InChI is InChI=1S/C32H18N8.Co.2H2N/c1-2-10-18-17(9-1)25-33-26(18)38-28-21-13-5-6-14-22(21)30(35-28)40-32-24-16-8-7-15-23(24)31(36-32)39-29-20-12-4-3-11-19(20)27(34-29)37-25;;;/h1-16H,(H2,33,34,35,36,37,38,39,40);;2*1H2/q;+2;2*-1. The van der Waals surface area contributed by atoms with Gasteiger partial charge in [-0.05, 0) is 0 Å². The zero-order valence-corrected chi connectivity index (χ0v) is 23.4. The molecule has 8 bridgehead atoms. The van der Waals surface area contributed by atoms with E-state index in [1.165, 1.54) is 0 Å². The van der Waals surface area contributed by atoms with Gasteiger partial charge in [-0.15, -0.1) is 0 Å². The average Bonchev–Trinajstić information content (AvgIpc) is 3.77. The fourth-order valence-corrected chi connectivity index (χ4v) is 5.59. The van der Waals surface area contributed by atoms with E-state index in [9.17, 15) is 0 Å². The number of nitrogens with two attached hydrogens (primary N) is 2. The van der Waals surface area contributed by atoms with Gasteiger partial charge in [0.05, 0.1) is 0 Å². The Balaban J connectivity index is 0.000000892. The Bertz CT molecular complexity index is 2060. The van der Waals surface area contributed by atoms with Crippen LogP contribution in [0.3, 0.4) is 0 Å². The van der Waals surface area contributed by atoms with Crippen LogP contribution in [0.2, 0.25) is 0 Å². The van der Waals surface area contributed by atoms with Crippen molar-refractivity contribution in [3.05, 3.63) is 97.1 Å². The summed E-state index contributed by atoms with van der Waals surface area (Å²) >= 11 is 0.438. The van der Waals surface area contributed by atoms with Gasteiger partial charge in [-0.1, -0.05) is 97.1 Å². The van der Waals surface area contributed by atoms with E-state index in [0.29, 0.717) is 61.0 Å². The number of rotatable bonds is 0. The average molecular weight is 606 g/mol. The fourth-order valence-electron chi connectivity index (χ4n) is 5.59. The van der Waals surface area contributed by atoms with Gasteiger partial charge in [0.15, 0.2) is 23.3 Å². The molecule has 0 saturated carbocycles. The molecule has 0 atom stereocenters. The summed E-state index contributed by atoms with van der Waals surface area (Å²) in [7, 11) is 0. The van der Waals surface area contributed by atoms with Crippen LogP contribution in [0.15, 0.2) is 97.1 Å². The molecule has 209 valence electrons. The van der Waals surface area contributed by atoms with Gasteiger partial charge in [-0.2, -0.15) is 0 Å². The van der Waals surface area contributed by atoms with E-state index >= 15 is 0 Å². The molecular formula is C32H22CoN10. The molecule has 0 spiro atoms. The molecule has 0 unspecified atom stereocenters. The van der Waals surface area contributed by atoms with Gasteiger partial charge in [0, 0.05) is 43.8 Å². The Labute approximate surface area is 250 Å². The van der Waals surface area contributed by atoms with Crippen molar-refractivity contribution in [3.63, 3.8) is 0 Å². The SMILES string of the molecule is [NH2][Co][NH2].c1ccc2c(c1)-c1nc-2nc2[nH]c(nc3nc(nc4[nH]c(n1)c1ccccc41)-c1ccccc1-3)c1ccccc21. The van der Waals surface area contributed by atoms with E-state index in [1.807, 2.05) is 97.1 Å². The minimum absolute atomic E-state index is 0.438. The van der Waals surface area contributed by atoms with E-state index in [0.717, 1.165) is 43.8 Å². The van der Waals surface area contributed by atoms with Crippen LogP contribution >= 0.6 is 0 Å². The normalized spacial score (nSPS) is 11.7. The van der Waals surface area contributed by atoms with Crippen molar-refractivity contribution >= 4 is 44.1 Å². The third-order valence-corrected chi connectivity index (χ3v) is 7.46. The van der Waals surface area contributed by atoms with Gasteiger partial charge in [0.25, 0.3) is 0 Å². The maximum absolute atomic E-state index is 5.02. The molecule has 0 fully saturated rings. The second-order valence-electron chi connectivity index (χ2n) is 9.90. The van der Waals surface area contributed by atoms with Gasteiger partial charge in [-0.3, -0.25) is 0 Å². The molecule has 2 aliphatic heterocycles. The Morgan fingerprint density at radius 1 is 0.372 bits per heavy atom. The van der Waals surface area contributed by atoms with Crippen LogP contribution in [0.1, 0.15) is 0 Å². The van der Waals surface area contributed by atoms with Crippen LogP contribution < -0.4 is 9.56 Å². The largest absolute Gasteiger partial charge is 0.324 e. The first kappa shape index (κ1) is 25.4. The summed E-state index contributed by atoms with van der Waals surface area (Å²) in [6, 6.07) is 32.2. The van der Waals surface area contributed by atoms with E-state index in [-0.39, 0.29) is 0 Å². The number of H-pyrrole nitrogens is 2. The molecule has 3 aromatic heterocycles. The van der Waals surface area contributed by atoms with Gasteiger partial charge in [-0.25, -0.2) is 29.9 Å². The Morgan fingerprint density at radius 3 is 0.860 bits per heavy atom. The van der Waals surface area contributed by atoms with Crippen molar-refractivity contribution in [2.45, 2.75) is 0 Å². The topological polar surface area (TPSA) is 161 Å². The molecule has 9 rings (SSSR count). The molecule has 0 aliphatic carbocycles. The summed E-state index contributed by atoms with van der Waals surface area (Å²) in [5, 5.41) is 3.82. The maximum Gasteiger partial charge on any atom is 0.164 e. The molecule has 0 saturated heterocycles. The van der Waals surface area contributed by atoms with E-state index in [1.54, 1.807) is 0 Å². The number of hydrogen-bond acceptors (Lipinski definition) is 8. The monoisotopic (exact) mass is 605 g/mol. The maximum atomic E-state index is 5.02. The number of fused-ring (bicyclic) bond motifs is 20. The fraction of sp³-hybridized carbons (Fsp3) is 0. The first-order valence-corrected chi connectivity index (χ1v) is 14.6. The van der Waals surface area contributed by atoms with E-state index in [2.05, 4.69) is 19.5 Å². The molecule has 43 heavy (non-hydrogen) atoms. The molecule has 7 aromatic rings. The van der Waals surface area contributed by atoms with E-state index in [4.69, 9.17) is 29.9 Å². The predicted octanol–water partition coefficient (Wildman–Crippen LogP) is 5.69. The minimum atomic E-state index is 0.438. The predicted molar refractivity (Wildman–Crippen MR) is 164 cm³/mol. The zero-order chi connectivity index (χ0) is 28.9. The number of benzene rings is 4. The molecule has 10 nitrogen and oxygen atoms in total. The van der Waals surface area contributed by atoms with Crippen LogP contribution in [-0.4, -0.2) is 39.9 Å². The first-order chi connectivity index (χ1) is 21.2. The molecule has 0 amide bonds. The Hall–Kier alpha value is -5.33. The molecule has 11 heteroatoms. The summed E-state index contributed by atoms with van der Waals surface area (Å²) in [4.78, 5) is 46.0. The third-order valence-electron chi connectivity index (χ3n) is 7.46. The molecule has 6 N–H and O–H groups in total. The Kier molecular flexibility index (Phi) is 6.01. The first-order valence-electron chi connectivity index (χ1n) is 13.4. The van der Waals surface area contributed by atoms with Crippen molar-refractivity contribution in [3.8, 4) is 45.6 Å². The number of hydrogen-bond donors (Lipinski definition) is 4. The van der Waals surface area contributed by atoms with E-state index < -0.39 is 0 Å². The second kappa shape index (κ2) is 10.2. The Morgan fingerprint density at radius 2 is 0.605 bits per heavy atom. The molecular weight excluding hydrogens is 583 g/mol. The van der Waals surface area contributed by atoms with Gasteiger partial charge in [0.2, 0.25) is 0 Å². The van der Waals surface area contributed by atoms with Crippen LogP contribution in [0, 0.1) is 0 Å². The number of nitrogens with zero attached hydrogens (tertiary/aromatic N) is 6. The summed E-state index contributed by atoms with van der Waals surface area (Å²) < 4.78 is 0. The van der Waals surface area contributed by atoms with Crippen LogP contribution in [-0.2, 0) is 15.1 Å². The number of nitrogens with one attached hydrogen (secondary N) is 2. The molecule has 4 aromatic carbocycles. The van der Waals surface area contributed by atoms with Crippen molar-refractivity contribution in [2.75, 3.05) is 0 Å². The summed E-state index contributed by atoms with van der Waals surface area (Å²) in [5.74, 6) is 2.39. The summed E-state index contributed by atoms with van der Waals surface area (Å²) in [6.45, 7) is 0. The smallest absolute Gasteiger partial charge is 0.164 e. The molecule has 2 aliphatic rings. The summed E-state index contributed by atoms with van der Waals surface area (Å²) in [5.41, 5.74) is 6.45. The van der Waals surface area contributed by atoms with Crippen molar-refractivity contribution in [2.24, 2.45) is 9.56 Å². The second-order valence-corrected chi connectivity index (χ2v) is 10.3. The molecule has 5 heterocycles. The third kappa shape index (κ3) is 4.18. The van der Waals surface area contributed by atoms with Crippen molar-refractivity contribution in [1.82, 2.24) is 39.9 Å². The van der Waals surface area contributed by atoms with Gasteiger partial charge in [0.1, 0.15) is 22.6 Å². The number of aromatic amines is 2. The van der Waals surface area contributed by atoms with Gasteiger partial charge >= 0.3 is 24.7 Å². The molecule has 0 radical (unpaired) electrons. The van der Waals surface area contributed by atoms with Crippen molar-refractivity contribution in [1.29, 1.82) is 0 Å². The minimum Gasteiger partial charge on any atom is -0.324 e. The van der Waals surface area contributed by atoms with Crippen molar-refractivity contribution < 1.29 is 15.1 Å².